The van der Waals surface area contributed by atoms with Crippen LogP contribution in [-0.4, -0.2) is 36.3 Å². The summed E-state index contributed by atoms with van der Waals surface area (Å²) >= 11 is 0. The highest BCUT2D eigenvalue weighted by Gasteiger charge is 2.06. The fourth-order valence-corrected chi connectivity index (χ4v) is 1.07. The number of H-pyrrole nitrogens is 1. The van der Waals surface area contributed by atoms with Gasteiger partial charge in [-0.3, -0.25) is 0 Å². The normalized spacial score (nSPS) is 10.1. The second kappa shape index (κ2) is 5.41. The molecule has 1 rings (SSSR count). The molecule has 5 heteroatoms. The van der Waals surface area contributed by atoms with Gasteiger partial charge in [-0.05, 0) is 12.1 Å². The van der Waals surface area contributed by atoms with Crippen molar-refractivity contribution >= 4 is 5.97 Å². The van der Waals surface area contributed by atoms with Gasteiger partial charge < -0.3 is 20.1 Å². The van der Waals surface area contributed by atoms with Crippen LogP contribution in [0, 0.1) is 0 Å². The number of aromatic amines is 1. The van der Waals surface area contributed by atoms with Crippen LogP contribution in [0.2, 0.25) is 0 Å². The van der Waals surface area contributed by atoms with Crippen molar-refractivity contribution in [3.63, 3.8) is 0 Å². The Balaban J connectivity index is 2.46. The van der Waals surface area contributed by atoms with Gasteiger partial charge in [0, 0.05) is 18.8 Å². The number of carbonyl (C=O) groups is 1. The molecule has 5 nitrogen and oxygen atoms in total. The Morgan fingerprint density at radius 3 is 3.07 bits per heavy atom. The summed E-state index contributed by atoms with van der Waals surface area (Å²) in [5.74, 6) is -0.376. The van der Waals surface area contributed by atoms with E-state index in [0.717, 1.165) is 5.69 Å². The number of methoxy groups -OCH3 is 1. The standard InChI is InChI=1S/C9H14N2O3/c1-14-9(13)8-3-2-7(11-8)6-10-4-5-12/h2-3,10-12H,4-6H2,1H3. The van der Waals surface area contributed by atoms with Crippen LogP contribution in [0.1, 0.15) is 16.2 Å². The van der Waals surface area contributed by atoms with Crippen molar-refractivity contribution in [2.45, 2.75) is 6.54 Å². The Morgan fingerprint density at radius 2 is 2.43 bits per heavy atom. The molecule has 14 heavy (non-hydrogen) atoms. The average Bonchev–Trinajstić information content (AvgIpc) is 2.66. The highest BCUT2D eigenvalue weighted by Crippen LogP contribution is 2.02. The maximum absolute atomic E-state index is 11.0. The molecule has 0 aromatic carbocycles. The maximum atomic E-state index is 11.0. The fourth-order valence-electron chi connectivity index (χ4n) is 1.07. The first-order valence-electron chi connectivity index (χ1n) is 4.35. The summed E-state index contributed by atoms with van der Waals surface area (Å²) in [5.41, 5.74) is 1.33. The molecular formula is C9H14N2O3. The van der Waals surface area contributed by atoms with Crippen LogP contribution in [0.5, 0.6) is 0 Å². The highest BCUT2D eigenvalue weighted by atomic mass is 16.5. The Bertz CT molecular complexity index is 296. The number of aromatic nitrogens is 1. The molecule has 0 aliphatic rings. The number of carbonyl (C=O) groups excluding carboxylic acids is 1. The molecule has 0 atom stereocenters. The summed E-state index contributed by atoms with van der Waals surface area (Å²) in [7, 11) is 1.34. The zero-order valence-electron chi connectivity index (χ0n) is 8.04. The summed E-state index contributed by atoms with van der Waals surface area (Å²) < 4.78 is 4.54. The third kappa shape index (κ3) is 2.86. The average molecular weight is 198 g/mol. The second-order valence-corrected chi connectivity index (χ2v) is 2.79. The van der Waals surface area contributed by atoms with Crippen LogP contribution >= 0.6 is 0 Å². The smallest absolute Gasteiger partial charge is 0.354 e. The van der Waals surface area contributed by atoms with Crippen molar-refractivity contribution < 1.29 is 14.6 Å². The van der Waals surface area contributed by atoms with Crippen LogP contribution in [-0.2, 0) is 11.3 Å². The molecule has 0 saturated carbocycles. The van der Waals surface area contributed by atoms with Gasteiger partial charge >= 0.3 is 5.97 Å². The molecule has 0 fully saturated rings. The van der Waals surface area contributed by atoms with Gasteiger partial charge in [-0.1, -0.05) is 0 Å². The van der Waals surface area contributed by atoms with Crippen molar-refractivity contribution in [2.24, 2.45) is 0 Å². The number of ether oxygens (including phenoxy) is 1. The summed E-state index contributed by atoms with van der Waals surface area (Å²) in [6.07, 6.45) is 0. The predicted octanol–water partition coefficient (Wildman–Crippen LogP) is -0.117. The molecule has 0 radical (unpaired) electrons. The zero-order chi connectivity index (χ0) is 10.4. The first-order chi connectivity index (χ1) is 6.77. The summed E-state index contributed by atoms with van der Waals surface area (Å²) in [6.45, 7) is 1.23. The van der Waals surface area contributed by atoms with Crippen LogP contribution in [0.4, 0.5) is 0 Å². The van der Waals surface area contributed by atoms with Crippen LogP contribution in [0.25, 0.3) is 0 Å². The van der Waals surface area contributed by atoms with E-state index in [1.165, 1.54) is 7.11 Å². The van der Waals surface area contributed by atoms with Gasteiger partial charge in [0.1, 0.15) is 5.69 Å². The SMILES string of the molecule is COC(=O)c1ccc(CNCCO)[nH]1. The van der Waals surface area contributed by atoms with E-state index in [2.05, 4.69) is 15.0 Å². The van der Waals surface area contributed by atoms with E-state index in [4.69, 9.17) is 5.11 Å². The molecule has 0 bridgehead atoms. The van der Waals surface area contributed by atoms with Crippen LogP contribution < -0.4 is 5.32 Å². The van der Waals surface area contributed by atoms with Crippen molar-refractivity contribution in [1.29, 1.82) is 0 Å². The Morgan fingerprint density at radius 1 is 1.64 bits per heavy atom. The van der Waals surface area contributed by atoms with E-state index in [9.17, 15) is 4.79 Å². The largest absolute Gasteiger partial charge is 0.464 e. The van der Waals surface area contributed by atoms with Crippen LogP contribution in [0.15, 0.2) is 12.1 Å². The summed E-state index contributed by atoms with van der Waals surface area (Å²) in [5, 5.41) is 11.5. The molecule has 0 aliphatic heterocycles. The Hall–Kier alpha value is -1.33. The minimum atomic E-state index is -0.376. The van der Waals surface area contributed by atoms with E-state index in [0.29, 0.717) is 18.8 Å². The minimum Gasteiger partial charge on any atom is -0.464 e. The lowest BCUT2D eigenvalue weighted by molar-refractivity contribution is 0.0594. The van der Waals surface area contributed by atoms with Crippen LogP contribution in [0.3, 0.4) is 0 Å². The van der Waals surface area contributed by atoms with E-state index in [-0.39, 0.29) is 12.6 Å². The number of hydrogen-bond donors (Lipinski definition) is 3. The van der Waals surface area contributed by atoms with Gasteiger partial charge in [0.25, 0.3) is 0 Å². The van der Waals surface area contributed by atoms with Gasteiger partial charge in [0.15, 0.2) is 0 Å². The molecule has 0 saturated heterocycles. The van der Waals surface area contributed by atoms with E-state index < -0.39 is 0 Å². The predicted molar refractivity (Wildman–Crippen MR) is 50.9 cm³/mol. The monoisotopic (exact) mass is 198 g/mol. The third-order valence-electron chi connectivity index (χ3n) is 1.76. The molecule has 0 amide bonds. The quantitative estimate of drug-likeness (QED) is 0.455. The molecule has 1 aromatic heterocycles. The van der Waals surface area contributed by atoms with E-state index in [1.807, 2.05) is 0 Å². The van der Waals surface area contributed by atoms with E-state index >= 15 is 0 Å². The molecule has 1 aromatic rings. The maximum Gasteiger partial charge on any atom is 0.354 e. The second-order valence-electron chi connectivity index (χ2n) is 2.79. The van der Waals surface area contributed by atoms with Gasteiger partial charge in [0.2, 0.25) is 0 Å². The number of aliphatic hydroxyl groups is 1. The molecule has 0 spiro atoms. The van der Waals surface area contributed by atoms with Gasteiger partial charge in [-0.15, -0.1) is 0 Å². The minimum absolute atomic E-state index is 0.102. The summed E-state index contributed by atoms with van der Waals surface area (Å²) in [4.78, 5) is 13.9. The molecule has 78 valence electrons. The Labute approximate surface area is 82.1 Å². The number of esters is 1. The lowest BCUT2D eigenvalue weighted by Gasteiger charge is -1.99. The highest BCUT2D eigenvalue weighted by molar-refractivity contribution is 5.87. The summed E-state index contributed by atoms with van der Waals surface area (Å²) in [6, 6.07) is 3.47. The number of rotatable bonds is 5. The molecular weight excluding hydrogens is 184 g/mol. The van der Waals surface area contributed by atoms with Crippen molar-refractivity contribution in [2.75, 3.05) is 20.3 Å². The Kier molecular flexibility index (Phi) is 4.15. The zero-order valence-corrected chi connectivity index (χ0v) is 8.04. The molecule has 0 aliphatic carbocycles. The lowest BCUT2D eigenvalue weighted by atomic mass is 10.4. The fraction of sp³-hybridized carbons (Fsp3) is 0.444. The van der Waals surface area contributed by atoms with Crippen molar-refractivity contribution in [3.05, 3.63) is 23.5 Å². The first kappa shape index (κ1) is 10.7. The molecule has 0 unspecified atom stereocenters. The van der Waals surface area contributed by atoms with Crippen molar-refractivity contribution in [3.8, 4) is 0 Å². The van der Waals surface area contributed by atoms with Gasteiger partial charge in [-0.2, -0.15) is 0 Å². The number of aliphatic hydroxyl groups excluding tert-OH is 1. The molecule has 3 N–H and O–H groups in total. The first-order valence-corrected chi connectivity index (χ1v) is 4.35. The van der Waals surface area contributed by atoms with Gasteiger partial charge in [0.05, 0.1) is 13.7 Å². The number of hydrogen-bond acceptors (Lipinski definition) is 4. The topological polar surface area (TPSA) is 74.3 Å². The molecule has 1 heterocycles. The van der Waals surface area contributed by atoms with Crippen molar-refractivity contribution in [1.82, 2.24) is 10.3 Å². The van der Waals surface area contributed by atoms with E-state index in [1.54, 1.807) is 12.1 Å². The third-order valence-corrected chi connectivity index (χ3v) is 1.76. The lowest BCUT2D eigenvalue weighted by Crippen LogP contribution is -2.17. The van der Waals surface area contributed by atoms with Gasteiger partial charge in [-0.25, -0.2) is 4.79 Å². The number of nitrogens with one attached hydrogen (secondary N) is 2.